The molecule has 0 saturated carbocycles. The van der Waals surface area contributed by atoms with Crippen LogP contribution in [0.4, 0.5) is 0 Å². The number of morpholine rings is 1. The van der Waals surface area contributed by atoms with Crippen LogP contribution < -0.4 is 4.35 Å². The fourth-order valence-electron chi connectivity index (χ4n) is 1.64. The summed E-state index contributed by atoms with van der Waals surface area (Å²) < 4.78 is 6.71. The molecule has 0 N–H and O–H groups in total. The fraction of sp³-hybridized carbons (Fsp3) is 0.455. The van der Waals surface area contributed by atoms with E-state index in [0.717, 1.165) is 32.8 Å². The first-order valence-corrected chi connectivity index (χ1v) is 6.20. The maximum absolute atomic E-state index is 5.32. The molecule has 1 aromatic carbocycles. The van der Waals surface area contributed by atoms with Crippen LogP contribution in [-0.4, -0.2) is 48.1 Å². The van der Waals surface area contributed by atoms with Gasteiger partial charge in [0.05, 0.1) is 0 Å². The Morgan fingerprint density at radius 3 is 2.43 bits per heavy atom. The molecular formula is C11H16AsNO. The molecule has 76 valence electrons. The van der Waals surface area contributed by atoms with Crippen molar-refractivity contribution in [3.63, 3.8) is 0 Å². The van der Waals surface area contributed by atoms with Crippen LogP contribution in [0, 0.1) is 0 Å². The molecular weight excluding hydrogens is 237 g/mol. The summed E-state index contributed by atoms with van der Waals surface area (Å²) in [6.45, 7) is 4.97. The van der Waals surface area contributed by atoms with Gasteiger partial charge in [-0.1, -0.05) is 0 Å². The van der Waals surface area contributed by atoms with E-state index in [-0.39, 0.29) is 0 Å². The Labute approximate surface area is 93.7 Å². The normalized spacial score (nSPS) is 18.4. The second-order valence-corrected chi connectivity index (χ2v) is 5.03. The molecule has 0 aromatic heterocycles. The summed E-state index contributed by atoms with van der Waals surface area (Å²) >= 11 is 1.69. The standard InChI is InChI=1S/C11H16AsNO/c12-11-3-1-10(2-4-11)9-13-5-7-14-8-6-13/h1-4H,5-9,12H2. The summed E-state index contributed by atoms with van der Waals surface area (Å²) in [6.07, 6.45) is 0. The average Bonchev–Trinajstić information content (AvgIpc) is 2.23. The zero-order valence-electron chi connectivity index (χ0n) is 8.28. The number of ether oxygens (including phenoxy) is 1. The fourth-order valence-corrected chi connectivity index (χ4v) is 2.04. The molecule has 3 heteroatoms. The van der Waals surface area contributed by atoms with E-state index in [1.165, 1.54) is 9.91 Å². The molecule has 2 rings (SSSR count). The SMILES string of the molecule is [AsH2]c1ccc(CN2CCOCC2)cc1. The Hall–Kier alpha value is -0.302. The maximum atomic E-state index is 5.32. The van der Waals surface area contributed by atoms with E-state index in [0.29, 0.717) is 0 Å². The van der Waals surface area contributed by atoms with Crippen molar-refractivity contribution in [3.05, 3.63) is 29.8 Å². The van der Waals surface area contributed by atoms with Crippen LogP contribution in [0.15, 0.2) is 24.3 Å². The van der Waals surface area contributed by atoms with Gasteiger partial charge in [-0.05, 0) is 0 Å². The van der Waals surface area contributed by atoms with Gasteiger partial charge < -0.3 is 0 Å². The first-order valence-electron chi connectivity index (χ1n) is 4.99. The van der Waals surface area contributed by atoms with Crippen LogP contribution >= 0.6 is 0 Å². The molecule has 14 heavy (non-hydrogen) atoms. The van der Waals surface area contributed by atoms with Gasteiger partial charge in [-0.15, -0.1) is 0 Å². The van der Waals surface area contributed by atoms with Gasteiger partial charge in [-0.2, -0.15) is 0 Å². The molecule has 0 radical (unpaired) electrons. The monoisotopic (exact) mass is 253 g/mol. The predicted molar refractivity (Wildman–Crippen MR) is 60.7 cm³/mol. The van der Waals surface area contributed by atoms with Crippen molar-refractivity contribution >= 4 is 21.2 Å². The summed E-state index contributed by atoms with van der Waals surface area (Å²) in [5.41, 5.74) is 1.41. The quantitative estimate of drug-likeness (QED) is 0.675. The number of hydrogen-bond acceptors (Lipinski definition) is 2. The molecule has 0 bridgehead atoms. The van der Waals surface area contributed by atoms with E-state index in [1.807, 2.05) is 0 Å². The van der Waals surface area contributed by atoms with Gasteiger partial charge in [0.1, 0.15) is 0 Å². The van der Waals surface area contributed by atoms with E-state index >= 15 is 0 Å². The van der Waals surface area contributed by atoms with Gasteiger partial charge in [0.15, 0.2) is 0 Å². The van der Waals surface area contributed by atoms with Crippen molar-refractivity contribution in [2.24, 2.45) is 0 Å². The van der Waals surface area contributed by atoms with Crippen molar-refractivity contribution in [1.82, 2.24) is 4.90 Å². The van der Waals surface area contributed by atoms with Gasteiger partial charge >= 0.3 is 93.5 Å². The number of rotatable bonds is 2. The Kier molecular flexibility index (Phi) is 3.63. The van der Waals surface area contributed by atoms with Gasteiger partial charge in [0.2, 0.25) is 0 Å². The molecule has 1 heterocycles. The molecule has 1 atom stereocenters. The first kappa shape index (κ1) is 10.2. The molecule has 0 amide bonds. The molecule has 1 aromatic rings. The first-order chi connectivity index (χ1) is 6.84. The Balaban J connectivity index is 1.92. The van der Waals surface area contributed by atoms with Crippen LogP contribution in [-0.2, 0) is 11.3 Å². The second kappa shape index (κ2) is 4.97. The summed E-state index contributed by atoms with van der Waals surface area (Å²) in [6, 6.07) is 8.87. The number of benzene rings is 1. The van der Waals surface area contributed by atoms with Gasteiger partial charge in [-0.25, -0.2) is 0 Å². The zero-order chi connectivity index (χ0) is 9.80. The molecule has 0 spiro atoms. The molecule has 2 nitrogen and oxygen atoms in total. The molecule has 1 saturated heterocycles. The molecule has 1 unspecified atom stereocenters. The molecule has 1 aliphatic heterocycles. The third-order valence-corrected chi connectivity index (χ3v) is 3.30. The van der Waals surface area contributed by atoms with Crippen molar-refractivity contribution < 1.29 is 4.74 Å². The average molecular weight is 253 g/mol. The summed E-state index contributed by atoms with van der Waals surface area (Å²) in [7, 11) is 0. The van der Waals surface area contributed by atoms with E-state index in [4.69, 9.17) is 4.74 Å². The zero-order valence-corrected chi connectivity index (χ0v) is 10.7. The molecule has 0 aliphatic carbocycles. The third-order valence-electron chi connectivity index (χ3n) is 2.49. The summed E-state index contributed by atoms with van der Waals surface area (Å²) in [5.74, 6) is 0. The van der Waals surface area contributed by atoms with E-state index in [9.17, 15) is 0 Å². The van der Waals surface area contributed by atoms with E-state index in [2.05, 4.69) is 29.2 Å². The Bertz CT molecular complexity index is 280. The van der Waals surface area contributed by atoms with Crippen LogP contribution in [0.25, 0.3) is 0 Å². The van der Waals surface area contributed by atoms with E-state index < -0.39 is 0 Å². The molecule has 1 fully saturated rings. The van der Waals surface area contributed by atoms with Crippen LogP contribution in [0.3, 0.4) is 0 Å². The van der Waals surface area contributed by atoms with Crippen LogP contribution in [0.2, 0.25) is 0 Å². The predicted octanol–water partition coefficient (Wildman–Crippen LogP) is -0.223. The molecule has 1 aliphatic rings. The van der Waals surface area contributed by atoms with Gasteiger partial charge in [-0.3, -0.25) is 0 Å². The van der Waals surface area contributed by atoms with Gasteiger partial charge in [0.25, 0.3) is 0 Å². The third kappa shape index (κ3) is 2.84. The summed E-state index contributed by atoms with van der Waals surface area (Å²) in [5, 5.41) is 0. The van der Waals surface area contributed by atoms with Crippen LogP contribution in [0.5, 0.6) is 0 Å². The topological polar surface area (TPSA) is 12.5 Å². The number of nitrogens with zero attached hydrogens (tertiary/aromatic N) is 1. The van der Waals surface area contributed by atoms with Crippen LogP contribution in [0.1, 0.15) is 5.56 Å². The van der Waals surface area contributed by atoms with Crippen molar-refractivity contribution in [2.75, 3.05) is 26.3 Å². The van der Waals surface area contributed by atoms with Gasteiger partial charge in [0, 0.05) is 0 Å². The Morgan fingerprint density at radius 1 is 1.14 bits per heavy atom. The number of hydrogen-bond donors (Lipinski definition) is 0. The Morgan fingerprint density at radius 2 is 1.79 bits per heavy atom. The second-order valence-electron chi connectivity index (χ2n) is 3.63. The minimum atomic E-state index is 0.884. The summed E-state index contributed by atoms with van der Waals surface area (Å²) in [4.78, 5) is 2.44. The van der Waals surface area contributed by atoms with E-state index in [1.54, 1.807) is 16.9 Å². The van der Waals surface area contributed by atoms with Crippen molar-refractivity contribution in [3.8, 4) is 0 Å². The minimum absolute atomic E-state index is 0.884. The van der Waals surface area contributed by atoms with Crippen molar-refractivity contribution in [2.45, 2.75) is 6.54 Å². The van der Waals surface area contributed by atoms with Crippen molar-refractivity contribution in [1.29, 1.82) is 0 Å².